The maximum absolute atomic E-state index is 11.4. The molecule has 0 aliphatic carbocycles. The van der Waals surface area contributed by atoms with E-state index in [0.29, 0.717) is 12.2 Å². The molecule has 1 aromatic carbocycles. The third-order valence-corrected chi connectivity index (χ3v) is 2.15. The molecule has 0 aliphatic rings. The monoisotopic (exact) mass is 321 g/mol. The van der Waals surface area contributed by atoms with Gasteiger partial charge in [-0.15, -0.1) is 0 Å². The van der Waals surface area contributed by atoms with Crippen molar-refractivity contribution in [2.24, 2.45) is 0 Å². The Morgan fingerprint density at radius 1 is 1.40 bits per heavy atom. The van der Waals surface area contributed by atoms with E-state index in [-0.39, 0.29) is 19.1 Å². The molecule has 4 nitrogen and oxygen atoms in total. The average molecular weight is 321 g/mol. The van der Waals surface area contributed by atoms with Gasteiger partial charge in [-0.3, -0.25) is 4.79 Å². The van der Waals surface area contributed by atoms with E-state index in [1.165, 1.54) is 0 Å². The van der Waals surface area contributed by atoms with Crippen LogP contribution in [-0.4, -0.2) is 24.2 Å². The van der Waals surface area contributed by atoms with E-state index in [1.54, 1.807) is 12.1 Å². The van der Waals surface area contributed by atoms with Gasteiger partial charge < -0.3 is 13.5 Å². The minimum Gasteiger partial charge on any atom is -0.395 e. The van der Waals surface area contributed by atoms with Gasteiger partial charge in [0.25, 0.3) is 5.91 Å². The smallest absolute Gasteiger partial charge is 0.251 e. The highest BCUT2D eigenvalue weighted by Crippen LogP contribution is 2.07. The van der Waals surface area contributed by atoms with Crippen LogP contribution in [0.1, 0.15) is 15.9 Å². The van der Waals surface area contributed by atoms with Crippen LogP contribution < -0.4 is 5.32 Å². The summed E-state index contributed by atoms with van der Waals surface area (Å²) < 4.78 is 4.93. The zero-order valence-corrected chi connectivity index (χ0v) is 10.2. The highest BCUT2D eigenvalue weighted by atomic mass is 127. The average Bonchev–Trinajstić information content (AvgIpc) is 2.27. The Kier molecular flexibility index (Phi) is 5.59. The fourth-order valence-corrected chi connectivity index (χ4v) is 1.45. The molecule has 0 atom stereocenters. The quantitative estimate of drug-likeness (QED) is 0.803. The summed E-state index contributed by atoms with van der Waals surface area (Å²) in [5.41, 5.74) is 1.60. The predicted molar refractivity (Wildman–Crippen MR) is 64.7 cm³/mol. The van der Waals surface area contributed by atoms with E-state index in [0.717, 1.165) is 5.56 Å². The summed E-state index contributed by atoms with van der Waals surface area (Å²) in [6.07, 6.45) is 0. The minimum atomic E-state index is -0.175. The van der Waals surface area contributed by atoms with Crippen molar-refractivity contribution >= 4 is 28.9 Å². The number of rotatable bonds is 5. The molecule has 0 bridgehead atoms. The van der Waals surface area contributed by atoms with Crippen LogP contribution in [0.5, 0.6) is 0 Å². The summed E-state index contributed by atoms with van der Waals surface area (Å²) in [4.78, 5) is 11.4. The van der Waals surface area contributed by atoms with Crippen LogP contribution in [-0.2, 0) is 9.67 Å². The topological polar surface area (TPSA) is 58.6 Å². The van der Waals surface area contributed by atoms with Gasteiger partial charge in [-0.25, -0.2) is 0 Å². The standard InChI is InChI=1S/C10H12INO3/c11-15-7-8-1-3-9(4-2-8)10(14)12-5-6-13/h1-4,13H,5-7H2,(H,12,14). The first-order chi connectivity index (χ1) is 7.27. The second-order valence-electron chi connectivity index (χ2n) is 2.93. The molecule has 5 heteroatoms. The van der Waals surface area contributed by atoms with E-state index in [9.17, 15) is 4.79 Å². The zero-order valence-electron chi connectivity index (χ0n) is 8.07. The molecule has 2 N–H and O–H groups in total. The van der Waals surface area contributed by atoms with Crippen LogP contribution in [0.4, 0.5) is 0 Å². The fraction of sp³-hybridized carbons (Fsp3) is 0.300. The molecule has 0 unspecified atom stereocenters. The van der Waals surface area contributed by atoms with Crippen molar-refractivity contribution in [3.63, 3.8) is 0 Å². The fourth-order valence-electron chi connectivity index (χ4n) is 1.09. The third kappa shape index (κ3) is 4.15. The Balaban J connectivity index is 2.58. The summed E-state index contributed by atoms with van der Waals surface area (Å²) in [6.45, 7) is 0.753. The van der Waals surface area contributed by atoms with Gasteiger partial charge in [-0.2, -0.15) is 0 Å². The lowest BCUT2D eigenvalue weighted by molar-refractivity contribution is 0.0944. The Bertz CT molecular complexity index is 313. The summed E-state index contributed by atoms with van der Waals surface area (Å²) in [5, 5.41) is 11.1. The van der Waals surface area contributed by atoms with Crippen molar-refractivity contribution in [1.82, 2.24) is 5.32 Å². The number of hydrogen-bond acceptors (Lipinski definition) is 3. The van der Waals surface area contributed by atoms with Crippen molar-refractivity contribution in [2.75, 3.05) is 13.2 Å². The SMILES string of the molecule is O=C(NCCO)c1ccc(COI)cc1. The molecule has 82 valence electrons. The van der Waals surface area contributed by atoms with Crippen molar-refractivity contribution in [1.29, 1.82) is 0 Å². The molecular formula is C10H12INO3. The molecule has 0 aliphatic heterocycles. The highest BCUT2D eigenvalue weighted by molar-refractivity contribution is 14.1. The third-order valence-electron chi connectivity index (χ3n) is 1.83. The van der Waals surface area contributed by atoms with E-state index in [2.05, 4.69) is 5.32 Å². The lowest BCUT2D eigenvalue weighted by Gasteiger charge is -2.04. The van der Waals surface area contributed by atoms with Gasteiger partial charge in [0, 0.05) is 12.1 Å². The normalized spacial score (nSPS) is 10.0. The number of nitrogens with one attached hydrogen (secondary N) is 1. The second kappa shape index (κ2) is 6.76. The van der Waals surface area contributed by atoms with Crippen molar-refractivity contribution in [3.8, 4) is 0 Å². The molecule has 0 aromatic heterocycles. The number of amides is 1. The Morgan fingerprint density at radius 2 is 2.07 bits per heavy atom. The molecule has 0 saturated carbocycles. The highest BCUT2D eigenvalue weighted by Gasteiger charge is 2.03. The maximum Gasteiger partial charge on any atom is 0.251 e. The number of aliphatic hydroxyl groups excluding tert-OH is 1. The zero-order chi connectivity index (χ0) is 11.1. The first kappa shape index (κ1) is 12.4. The van der Waals surface area contributed by atoms with Crippen LogP contribution >= 0.6 is 23.0 Å². The molecule has 1 amide bonds. The van der Waals surface area contributed by atoms with E-state index in [1.807, 2.05) is 35.1 Å². The van der Waals surface area contributed by atoms with Gasteiger partial charge in [0.15, 0.2) is 0 Å². The number of benzene rings is 1. The first-order valence-corrected chi connectivity index (χ1v) is 5.37. The van der Waals surface area contributed by atoms with Gasteiger partial charge in [0.2, 0.25) is 0 Å². The van der Waals surface area contributed by atoms with Crippen LogP contribution in [0.3, 0.4) is 0 Å². The molecule has 0 saturated heterocycles. The van der Waals surface area contributed by atoms with E-state index < -0.39 is 0 Å². The Morgan fingerprint density at radius 3 is 2.60 bits per heavy atom. The number of aliphatic hydroxyl groups is 1. The van der Waals surface area contributed by atoms with Crippen LogP contribution in [0.25, 0.3) is 0 Å². The molecular weight excluding hydrogens is 309 g/mol. The lowest BCUT2D eigenvalue weighted by atomic mass is 10.1. The molecule has 1 rings (SSSR count). The van der Waals surface area contributed by atoms with E-state index in [4.69, 9.17) is 8.17 Å². The van der Waals surface area contributed by atoms with Crippen molar-refractivity contribution < 1.29 is 13.0 Å². The van der Waals surface area contributed by atoms with Crippen LogP contribution in [0, 0.1) is 0 Å². The molecule has 15 heavy (non-hydrogen) atoms. The minimum absolute atomic E-state index is 0.0491. The van der Waals surface area contributed by atoms with E-state index >= 15 is 0 Å². The maximum atomic E-state index is 11.4. The van der Waals surface area contributed by atoms with Crippen LogP contribution in [0.15, 0.2) is 24.3 Å². The first-order valence-electron chi connectivity index (χ1n) is 4.49. The van der Waals surface area contributed by atoms with Crippen molar-refractivity contribution in [2.45, 2.75) is 6.61 Å². The van der Waals surface area contributed by atoms with Crippen molar-refractivity contribution in [3.05, 3.63) is 35.4 Å². The Hall–Kier alpha value is -0.660. The van der Waals surface area contributed by atoms with Gasteiger partial charge in [0.05, 0.1) is 13.2 Å². The van der Waals surface area contributed by atoms with Gasteiger partial charge >= 0.3 is 0 Å². The number of halogens is 1. The molecule has 1 aromatic rings. The summed E-state index contributed by atoms with van der Waals surface area (Å²) in [7, 11) is 0. The number of carbonyl (C=O) groups is 1. The van der Waals surface area contributed by atoms with Gasteiger partial charge in [-0.05, 0) is 17.7 Å². The largest absolute Gasteiger partial charge is 0.395 e. The Labute approximate surface area is 102 Å². The van der Waals surface area contributed by atoms with Crippen LogP contribution in [0.2, 0.25) is 0 Å². The molecule has 0 spiro atoms. The summed E-state index contributed by atoms with van der Waals surface area (Å²) >= 11 is 1.82. The molecule has 0 radical (unpaired) electrons. The van der Waals surface area contributed by atoms with Gasteiger partial charge in [-0.1, -0.05) is 12.1 Å². The molecule has 0 fully saturated rings. The summed E-state index contributed by atoms with van der Waals surface area (Å²) in [5.74, 6) is -0.175. The molecule has 0 heterocycles. The second-order valence-corrected chi connectivity index (χ2v) is 3.55. The summed E-state index contributed by atoms with van der Waals surface area (Å²) in [6, 6.07) is 7.15. The predicted octanol–water partition coefficient (Wildman–Crippen LogP) is 1.28. The lowest BCUT2D eigenvalue weighted by Crippen LogP contribution is -2.26. The number of carbonyl (C=O) groups excluding carboxylic acids is 1. The number of hydrogen-bond donors (Lipinski definition) is 2. The van der Waals surface area contributed by atoms with Gasteiger partial charge in [0.1, 0.15) is 23.0 Å².